The molecule has 0 aliphatic heterocycles. The van der Waals surface area contributed by atoms with Crippen LogP contribution in [0.5, 0.6) is 11.5 Å². The van der Waals surface area contributed by atoms with Gasteiger partial charge in [0.2, 0.25) is 5.91 Å². The Morgan fingerprint density at radius 1 is 1.14 bits per heavy atom. The molecule has 2 rings (SSSR count). The number of ether oxygens (including phenoxy) is 2. The van der Waals surface area contributed by atoms with Gasteiger partial charge in [0, 0.05) is 12.1 Å². The maximum atomic E-state index is 12.9. The number of nitro groups is 1. The summed E-state index contributed by atoms with van der Waals surface area (Å²) in [6, 6.07) is 12.6. The number of hydrogen-bond acceptors (Lipinski definition) is 5. The summed E-state index contributed by atoms with van der Waals surface area (Å²) in [6.07, 6.45) is 1.18. The van der Waals surface area contributed by atoms with Crippen LogP contribution in [0.25, 0.3) is 0 Å². The number of hydrogen-bond donors (Lipinski definition) is 1. The average molecular weight is 400 g/mol. The summed E-state index contributed by atoms with van der Waals surface area (Å²) in [4.78, 5) is 23.9. The first-order valence-corrected chi connectivity index (χ1v) is 9.64. The van der Waals surface area contributed by atoms with Crippen LogP contribution in [0, 0.1) is 16.0 Å². The topological polar surface area (TPSA) is 90.7 Å². The van der Waals surface area contributed by atoms with Gasteiger partial charge in [0.25, 0.3) is 5.69 Å². The van der Waals surface area contributed by atoms with Crippen LogP contribution in [0.1, 0.15) is 37.3 Å². The fourth-order valence-electron chi connectivity index (χ4n) is 3.35. The Morgan fingerprint density at radius 2 is 1.76 bits per heavy atom. The summed E-state index contributed by atoms with van der Waals surface area (Å²) >= 11 is 0. The number of amides is 1. The molecule has 1 amide bonds. The van der Waals surface area contributed by atoms with Crippen LogP contribution in [0.4, 0.5) is 5.69 Å². The fourth-order valence-corrected chi connectivity index (χ4v) is 3.35. The molecular formula is C22H28N2O5. The quantitative estimate of drug-likeness (QED) is 0.479. The van der Waals surface area contributed by atoms with Gasteiger partial charge < -0.3 is 14.8 Å². The summed E-state index contributed by atoms with van der Waals surface area (Å²) in [5, 5.41) is 14.4. The average Bonchev–Trinajstić information content (AvgIpc) is 2.73. The molecule has 0 saturated carbocycles. The van der Waals surface area contributed by atoms with E-state index in [2.05, 4.69) is 19.2 Å². The van der Waals surface area contributed by atoms with Crippen LogP contribution in [0.2, 0.25) is 0 Å². The molecule has 0 aliphatic carbocycles. The zero-order chi connectivity index (χ0) is 21.4. The van der Waals surface area contributed by atoms with Crippen molar-refractivity contribution in [3.8, 4) is 11.5 Å². The van der Waals surface area contributed by atoms with E-state index in [1.807, 2.05) is 30.3 Å². The Balaban J connectivity index is 2.15. The highest BCUT2D eigenvalue weighted by Gasteiger charge is 2.26. The molecule has 7 heteroatoms. The van der Waals surface area contributed by atoms with Crippen molar-refractivity contribution >= 4 is 11.6 Å². The van der Waals surface area contributed by atoms with E-state index in [0.29, 0.717) is 23.5 Å². The molecule has 0 heterocycles. The molecule has 2 atom stereocenters. The highest BCUT2D eigenvalue weighted by atomic mass is 16.6. The first-order valence-electron chi connectivity index (χ1n) is 9.64. The van der Waals surface area contributed by atoms with E-state index >= 15 is 0 Å². The Morgan fingerprint density at radius 3 is 2.31 bits per heavy atom. The predicted octanol–water partition coefficient (Wildman–Crippen LogP) is 4.10. The Kier molecular flexibility index (Phi) is 8.00. The number of rotatable bonds is 10. The number of nitrogens with one attached hydrogen (secondary N) is 1. The van der Waals surface area contributed by atoms with E-state index < -0.39 is 4.92 Å². The van der Waals surface area contributed by atoms with Crippen molar-refractivity contribution in [2.45, 2.75) is 32.6 Å². The van der Waals surface area contributed by atoms with Crippen LogP contribution >= 0.6 is 0 Å². The minimum atomic E-state index is -0.453. The second-order valence-corrected chi connectivity index (χ2v) is 6.91. The van der Waals surface area contributed by atoms with Crippen molar-refractivity contribution < 1.29 is 19.2 Å². The summed E-state index contributed by atoms with van der Waals surface area (Å²) < 4.78 is 10.4. The van der Waals surface area contributed by atoms with Crippen molar-refractivity contribution in [3.05, 3.63) is 63.7 Å². The molecule has 0 bridgehead atoms. The first kappa shape index (κ1) is 22.2. The van der Waals surface area contributed by atoms with Crippen molar-refractivity contribution in [3.63, 3.8) is 0 Å². The standard InChI is InChI=1S/C22H28N2O5/c1-5-15(2)21(16-9-7-6-8-10-16)22(25)23-12-11-17-13-19(28-3)20(29-4)14-18(17)24(26)27/h6-10,13-15,21H,5,11-12H2,1-4H3,(H,23,25). The largest absolute Gasteiger partial charge is 0.493 e. The van der Waals surface area contributed by atoms with Gasteiger partial charge in [-0.05, 0) is 24.0 Å². The number of carbonyl (C=O) groups excluding carboxylic acids is 1. The van der Waals surface area contributed by atoms with Gasteiger partial charge in [0.15, 0.2) is 11.5 Å². The second kappa shape index (κ2) is 10.5. The highest BCUT2D eigenvalue weighted by molar-refractivity contribution is 5.84. The van der Waals surface area contributed by atoms with Gasteiger partial charge in [0.1, 0.15) is 0 Å². The molecule has 0 saturated heterocycles. The van der Waals surface area contributed by atoms with Crippen molar-refractivity contribution in [2.24, 2.45) is 5.92 Å². The molecular weight excluding hydrogens is 372 g/mol. The zero-order valence-electron chi connectivity index (χ0n) is 17.3. The van der Waals surface area contributed by atoms with Crippen LogP contribution < -0.4 is 14.8 Å². The Hall–Kier alpha value is -3.09. The maximum Gasteiger partial charge on any atom is 0.276 e. The summed E-state index contributed by atoms with van der Waals surface area (Å²) in [6.45, 7) is 4.40. The third kappa shape index (κ3) is 5.47. The van der Waals surface area contributed by atoms with Gasteiger partial charge in [-0.3, -0.25) is 14.9 Å². The number of nitrogens with zero attached hydrogens (tertiary/aromatic N) is 1. The SMILES string of the molecule is CCC(C)C(C(=O)NCCc1cc(OC)c(OC)cc1[N+](=O)[O-])c1ccccc1. The fraction of sp³-hybridized carbons (Fsp3) is 0.409. The maximum absolute atomic E-state index is 12.9. The van der Waals surface area contributed by atoms with Crippen LogP contribution in [0.15, 0.2) is 42.5 Å². The molecule has 0 spiro atoms. The van der Waals surface area contributed by atoms with Gasteiger partial charge >= 0.3 is 0 Å². The Bertz CT molecular complexity index is 839. The van der Waals surface area contributed by atoms with Gasteiger partial charge in [-0.1, -0.05) is 50.6 Å². The number of carbonyl (C=O) groups is 1. The van der Waals surface area contributed by atoms with Crippen molar-refractivity contribution in [1.82, 2.24) is 5.32 Å². The predicted molar refractivity (Wildman–Crippen MR) is 112 cm³/mol. The lowest BCUT2D eigenvalue weighted by Gasteiger charge is -2.23. The third-order valence-electron chi connectivity index (χ3n) is 5.13. The summed E-state index contributed by atoms with van der Waals surface area (Å²) in [5.74, 6) is 0.553. The first-order chi connectivity index (χ1) is 13.9. The molecule has 1 N–H and O–H groups in total. The molecule has 29 heavy (non-hydrogen) atoms. The molecule has 156 valence electrons. The molecule has 2 aromatic carbocycles. The smallest absolute Gasteiger partial charge is 0.276 e. The molecule has 0 fully saturated rings. The minimum Gasteiger partial charge on any atom is -0.493 e. The van der Waals surface area contributed by atoms with Crippen LogP contribution in [-0.4, -0.2) is 31.6 Å². The zero-order valence-corrected chi connectivity index (χ0v) is 17.3. The number of nitro benzene ring substituents is 1. The summed E-state index contributed by atoms with van der Waals surface area (Å²) in [5.41, 5.74) is 1.39. The lowest BCUT2D eigenvalue weighted by Crippen LogP contribution is -2.34. The van der Waals surface area contributed by atoms with Gasteiger partial charge in [-0.15, -0.1) is 0 Å². The van der Waals surface area contributed by atoms with E-state index in [1.54, 1.807) is 6.07 Å². The van der Waals surface area contributed by atoms with Gasteiger partial charge in [-0.2, -0.15) is 0 Å². The number of benzene rings is 2. The van der Waals surface area contributed by atoms with Gasteiger partial charge in [-0.25, -0.2) is 0 Å². The molecule has 0 radical (unpaired) electrons. The van der Waals surface area contributed by atoms with Crippen molar-refractivity contribution in [1.29, 1.82) is 0 Å². The van der Waals surface area contributed by atoms with Crippen LogP contribution in [0.3, 0.4) is 0 Å². The van der Waals surface area contributed by atoms with Crippen LogP contribution in [-0.2, 0) is 11.2 Å². The molecule has 7 nitrogen and oxygen atoms in total. The Labute approximate surface area is 171 Å². The lowest BCUT2D eigenvalue weighted by molar-refractivity contribution is -0.385. The normalized spacial score (nSPS) is 12.7. The molecule has 2 unspecified atom stereocenters. The highest BCUT2D eigenvalue weighted by Crippen LogP contribution is 2.34. The number of methoxy groups -OCH3 is 2. The molecule has 2 aromatic rings. The van der Waals surface area contributed by atoms with E-state index in [1.165, 1.54) is 20.3 Å². The molecule has 0 aromatic heterocycles. The molecule has 0 aliphatic rings. The van der Waals surface area contributed by atoms with E-state index in [-0.39, 0.29) is 30.0 Å². The van der Waals surface area contributed by atoms with E-state index in [0.717, 1.165) is 12.0 Å². The van der Waals surface area contributed by atoms with E-state index in [4.69, 9.17) is 9.47 Å². The lowest BCUT2D eigenvalue weighted by atomic mass is 9.85. The van der Waals surface area contributed by atoms with Crippen molar-refractivity contribution in [2.75, 3.05) is 20.8 Å². The second-order valence-electron chi connectivity index (χ2n) is 6.91. The van der Waals surface area contributed by atoms with Gasteiger partial charge in [0.05, 0.1) is 31.1 Å². The third-order valence-corrected chi connectivity index (χ3v) is 5.13. The van der Waals surface area contributed by atoms with E-state index in [9.17, 15) is 14.9 Å². The monoisotopic (exact) mass is 400 g/mol. The summed E-state index contributed by atoms with van der Waals surface area (Å²) in [7, 11) is 2.91. The minimum absolute atomic E-state index is 0.0570.